The van der Waals surface area contributed by atoms with Gasteiger partial charge in [0.15, 0.2) is 0 Å². The highest BCUT2D eigenvalue weighted by Crippen LogP contribution is 2.17. The summed E-state index contributed by atoms with van der Waals surface area (Å²) in [6, 6.07) is 6.17. The maximum absolute atomic E-state index is 11.1. The van der Waals surface area contributed by atoms with E-state index in [1.807, 2.05) is 0 Å². The van der Waals surface area contributed by atoms with Crippen molar-refractivity contribution in [2.45, 2.75) is 11.9 Å². The highest BCUT2D eigenvalue weighted by atomic mass is 32.2. The van der Waals surface area contributed by atoms with Gasteiger partial charge in [-0.15, -0.1) is 11.8 Å². The molecule has 0 bridgehead atoms. The van der Waals surface area contributed by atoms with E-state index in [-0.39, 0.29) is 5.56 Å². The van der Waals surface area contributed by atoms with Crippen molar-refractivity contribution >= 4 is 17.7 Å². The van der Waals surface area contributed by atoms with E-state index in [1.54, 1.807) is 19.1 Å². The second-order valence-corrected chi connectivity index (χ2v) is 5.14. The summed E-state index contributed by atoms with van der Waals surface area (Å²) in [7, 11) is 0. The summed E-state index contributed by atoms with van der Waals surface area (Å²) in [5.74, 6) is 0.217. The highest BCUT2D eigenvalue weighted by Gasteiger charge is 2.05. The normalized spacial score (nSPS) is 10.3. The molecule has 0 unspecified atom stereocenters. The number of benzene rings is 1. The van der Waals surface area contributed by atoms with Gasteiger partial charge in [-0.3, -0.25) is 0 Å². The van der Waals surface area contributed by atoms with E-state index in [4.69, 9.17) is 9.84 Å². The van der Waals surface area contributed by atoms with Crippen molar-refractivity contribution in [2.24, 2.45) is 0 Å². The Bertz CT molecular complexity index is 685. The standard InChI is InChI=1S/C13H13N3O4S/c1-8-11(14-13(19)16-15-8)21-7-6-20-10-4-2-9(3-5-10)12(17)18/h2-5H,6-7H2,1H3,(H,17,18)(H,14,16,19). The predicted octanol–water partition coefficient (Wildman–Crippen LogP) is 1.34. The van der Waals surface area contributed by atoms with Gasteiger partial charge in [0.05, 0.1) is 17.9 Å². The second kappa shape index (κ2) is 6.89. The summed E-state index contributed by atoms with van der Waals surface area (Å²) in [5.41, 5.74) is 0.393. The lowest BCUT2D eigenvalue weighted by atomic mass is 10.2. The number of rotatable bonds is 6. The van der Waals surface area contributed by atoms with Crippen molar-refractivity contribution in [1.82, 2.24) is 15.2 Å². The molecule has 8 heteroatoms. The van der Waals surface area contributed by atoms with Crippen molar-refractivity contribution in [2.75, 3.05) is 12.4 Å². The molecule has 0 saturated carbocycles. The van der Waals surface area contributed by atoms with Crippen LogP contribution in [0.25, 0.3) is 0 Å². The predicted molar refractivity (Wildman–Crippen MR) is 77.0 cm³/mol. The zero-order chi connectivity index (χ0) is 15.2. The molecule has 110 valence electrons. The van der Waals surface area contributed by atoms with Gasteiger partial charge in [0.1, 0.15) is 10.8 Å². The summed E-state index contributed by atoms with van der Waals surface area (Å²) < 4.78 is 5.48. The molecule has 0 atom stereocenters. The van der Waals surface area contributed by atoms with E-state index >= 15 is 0 Å². The maximum Gasteiger partial charge on any atom is 0.362 e. The quantitative estimate of drug-likeness (QED) is 0.613. The average molecular weight is 307 g/mol. The van der Waals surface area contributed by atoms with E-state index in [0.717, 1.165) is 0 Å². The molecule has 0 aliphatic rings. The van der Waals surface area contributed by atoms with Crippen molar-refractivity contribution in [1.29, 1.82) is 0 Å². The third-order valence-electron chi connectivity index (χ3n) is 2.52. The molecular weight excluding hydrogens is 294 g/mol. The number of thioether (sulfide) groups is 1. The zero-order valence-electron chi connectivity index (χ0n) is 11.2. The number of H-pyrrole nitrogens is 1. The number of carboxylic acids is 1. The van der Waals surface area contributed by atoms with Gasteiger partial charge < -0.3 is 9.84 Å². The van der Waals surface area contributed by atoms with Gasteiger partial charge in [-0.2, -0.15) is 10.1 Å². The molecule has 0 spiro atoms. The van der Waals surface area contributed by atoms with Crippen LogP contribution in [0, 0.1) is 6.92 Å². The molecule has 0 saturated heterocycles. The Morgan fingerprint density at radius 3 is 2.76 bits per heavy atom. The van der Waals surface area contributed by atoms with Crippen molar-refractivity contribution in [3.63, 3.8) is 0 Å². The lowest BCUT2D eigenvalue weighted by Gasteiger charge is -2.06. The summed E-state index contributed by atoms with van der Waals surface area (Å²) in [6.45, 7) is 2.17. The summed E-state index contributed by atoms with van der Waals surface area (Å²) in [6.07, 6.45) is 0. The minimum Gasteiger partial charge on any atom is -0.493 e. The molecule has 0 aliphatic carbocycles. The fraction of sp³-hybridized carbons (Fsp3) is 0.231. The summed E-state index contributed by atoms with van der Waals surface area (Å²) in [5, 5.41) is 15.4. The molecule has 2 rings (SSSR count). The Labute approximate surface area is 124 Å². The number of aromatic amines is 1. The topological polar surface area (TPSA) is 105 Å². The second-order valence-electron chi connectivity index (χ2n) is 4.06. The van der Waals surface area contributed by atoms with Gasteiger partial charge in [-0.25, -0.2) is 14.7 Å². The number of hydrogen-bond acceptors (Lipinski definition) is 6. The van der Waals surface area contributed by atoms with E-state index in [1.165, 1.54) is 23.9 Å². The van der Waals surface area contributed by atoms with Crippen LogP contribution in [0.5, 0.6) is 5.75 Å². The minimum absolute atomic E-state index is 0.214. The SMILES string of the molecule is Cc1n[nH]c(=O)nc1SCCOc1ccc(C(=O)O)cc1. The smallest absolute Gasteiger partial charge is 0.362 e. The van der Waals surface area contributed by atoms with Crippen LogP contribution in [0.2, 0.25) is 0 Å². The molecule has 1 heterocycles. The van der Waals surface area contributed by atoms with E-state index < -0.39 is 11.7 Å². The van der Waals surface area contributed by atoms with Crippen molar-refractivity contribution < 1.29 is 14.6 Å². The molecule has 0 radical (unpaired) electrons. The fourth-order valence-electron chi connectivity index (χ4n) is 1.51. The third-order valence-corrected chi connectivity index (χ3v) is 3.55. The van der Waals surface area contributed by atoms with E-state index in [9.17, 15) is 9.59 Å². The van der Waals surface area contributed by atoms with E-state index in [0.29, 0.717) is 28.8 Å². The van der Waals surface area contributed by atoms with Gasteiger partial charge >= 0.3 is 11.7 Å². The monoisotopic (exact) mass is 307 g/mol. The fourth-order valence-corrected chi connectivity index (χ4v) is 2.27. The van der Waals surface area contributed by atoms with E-state index in [2.05, 4.69) is 15.2 Å². The molecule has 0 fully saturated rings. The number of aryl methyl sites for hydroxylation is 1. The summed E-state index contributed by atoms with van der Waals surface area (Å²) in [4.78, 5) is 25.6. The Kier molecular flexibility index (Phi) is 4.94. The Morgan fingerprint density at radius 2 is 2.10 bits per heavy atom. The molecular formula is C13H13N3O4S. The number of nitrogens with zero attached hydrogens (tertiary/aromatic N) is 2. The Morgan fingerprint density at radius 1 is 1.38 bits per heavy atom. The molecule has 1 aromatic carbocycles. The van der Waals surface area contributed by atoms with Crippen LogP contribution in [0.15, 0.2) is 34.1 Å². The number of aromatic carboxylic acids is 1. The number of ether oxygens (including phenoxy) is 1. The molecule has 21 heavy (non-hydrogen) atoms. The van der Waals surface area contributed by atoms with Gasteiger partial charge in [0, 0.05) is 5.75 Å². The molecule has 0 aliphatic heterocycles. The number of nitrogens with one attached hydrogen (secondary N) is 1. The molecule has 1 aromatic heterocycles. The van der Waals surface area contributed by atoms with Crippen LogP contribution < -0.4 is 10.4 Å². The number of carbonyl (C=O) groups is 1. The number of carboxylic acid groups (broad SMARTS) is 1. The molecule has 2 N–H and O–H groups in total. The highest BCUT2D eigenvalue weighted by molar-refractivity contribution is 7.99. The van der Waals surface area contributed by atoms with Crippen LogP contribution in [0.3, 0.4) is 0 Å². The Hall–Kier alpha value is -2.35. The lowest BCUT2D eigenvalue weighted by Crippen LogP contribution is -2.14. The first-order chi connectivity index (χ1) is 10.1. The Balaban J connectivity index is 1.83. The first-order valence-corrected chi connectivity index (χ1v) is 7.07. The van der Waals surface area contributed by atoms with Crippen molar-refractivity contribution in [3.05, 3.63) is 46.0 Å². The first kappa shape index (κ1) is 15.0. The van der Waals surface area contributed by atoms with Gasteiger partial charge in [-0.1, -0.05) is 0 Å². The van der Waals surface area contributed by atoms with Gasteiger partial charge in [-0.05, 0) is 31.2 Å². The molecule has 0 amide bonds. The van der Waals surface area contributed by atoms with Crippen LogP contribution in [-0.2, 0) is 0 Å². The largest absolute Gasteiger partial charge is 0.493 e. The van der Waals surface area contributed by atoms with Crippen LogP contribution in [-0.4, -0.2) is 38.6 Å². The lowest BCUT2D eigenvalue weighted by molar-refractivity contribution is 0.0697. The molecule has 2 aromatic rings. The number of hydrogen-bond donors (Lipinski definition) is 2. The minimum atomic E-state index is -0.972. The van der Waals surface area contributed by atoms with Crippen LogP contribution in [0.4, 0.5) is 0 Å². The van der Waals surface area contributed by atoms with Crippen LogP contribution in [0.1, 0.15) is 16.1 Å². The number of aromatic nitrogens is 3. The third kappa shape index (κ3) is 4.32. The van der Waals surface area contributed by atoms with Crippen LogP contribution >= 0.6 is 11.8 Å². The summed E-state index contributed by atoms with van der Waals surface area (Å²) >= 11 is 1.38. The first-order valence-electron chi connectivity index (χ1n) is 6.08. The van der Waals surface area contributed by atoms with Crippen molar-refractivity contribution in [3.8, 4) is 5.75 Å². The maximum atomic E-state index is 11.1. The zero-order valence-corrected chi connectivity index (χ0v) is 12.0. The average Bonchev–Trinajstić information content (AvgIpc) is 2.47. The van der Waals surface area contributed by atoms with Gasteiger partial charge in [0.25, 0.3) is 0 Å². The van der Waals surface area contributed by atoms with Gasteiger partial charge in [0.2, 0.25) is 0 Å². The molecule has 7 nitrogen and oxygen atoms in total.